The van der Waals surface area contributed by atoms with Gasteiger partial charge in [0.15, 0.2) is 22.9 Å². The van der Waals surface area contributed by atoms with Gasteiger partial charge < -0.3 is 9.72 Å². The lowest BCUT2D eigenvalue weighted by Crippen LogP contribution is -2.10. The summed E-state index contributed by atoms with van der Waals surface area (Å²) in [5, 5.41) is -0.623. The van der Waals surface area contributed by atoms with Crippen molar-refractivity contribution in [3.05, 3.63) is 45.5 Å². The van der Waals surface area contributed by atoms with E-state index in [0.717, 1.165) is 6.07 Å². The van der Waals surface area contributed by atoms with Crippen LogP contribution in [0, 0.1) is 17.5 Å². The summed E-state index contributed by atoms with van der Waals surface area (Å²) in [7, 11) is 1.39. The summed E-state index contributed by atoms with van der Waals surface area (Å²) in [4.78, 5) is 14.0. The summed E-state index contributed by atoms with van der Waals surface area (Å²) in [6.45, 7) is 0.0453. The van der Waals surface area contributed by atoms with Crippen LogP contribution in [0.15, 0.2) is 16.9 Å². The van der Waals surface area contributed by atoms with E-state index in [1.807, 2.05) is 0 Å². The molecule has 2 aromatic rings. The first kappa shape index (κ1) is 11.7. The number of aromatic nitrogens is 1. The van der Waals surface area contributed by atoms with Gasteiger partial charge in [-0.1, -0.05) is 0 Å². The van der Waals surface area contributed by atoms with Crippen molar-refractivity contribution >= 4 is 10.9 Å². The second kappa shape index (κ2) is 4.21. The number of fused-ring (bicyclic) bond motifs is 1. The molecule has 0 aliphatic rings. The molecule has 0 saturated heterocycles. The lowest BCUT2D eigenvalue weighted by molar-refractivity contribution is 0.181. The van der Waals surface area contributed by atoms with Crippen LogP contribution in [0.1, 0.15) is 5.69 Å². The fourth-order valence-electron chi connectivity index (χ4n) is 1.61. The molecular formula is C11H8F3NO2. The molecular weight excluding hydrogens is 235 g/mol. The van der Waals surface area contributed by atoms with Gasteiger partial charge in [-0.15, -0.1) is 0 Å². The molecule has 0 fully saturated rings. The van der Waals surface area contributed by atoms with Crippen molar-refractivity contribution in [2.45, 2.75) is 6.61 Å². The maximum atomic E-state index is 13.4. The molecule has 1 N–H and O–H groups in total. The Bertz CT molecular complexity index is 637. The predicted octanol–water partition coefficient (Wildman–Crippen LogP) is 2.09. The van der Waals surface area contributed by atoms with Crippen molar-refractivity contribution in [1.82, 2.24) is 4.98 Å². The van der Waals surface area contributed by atoms with E-state index in [1.165, 1.54) is 7.11 Å². The van der Waals surface area contributed by atoms with Crippen LogP contribution in [0.2, 0.25) is 0 Å². The van der Waals surface area contributed by atoms with Crippen molar-refractivity contribution in [1.29, 1.82) is 0 Å². The first-order valence-corrected chi connectivity index (χ1v) is 4.73. The number of aromatic amines is 1. The number of benzene rings is 1. The van der Waals surface area contributed by atoms with Gasteiger partial charge in [-0.05, 0) is 0 Å². The Hall–Kier alpha value is -1.82. The van der Waals surface area contributed by atoms with E-state index in [4.69, 9.17) is 4.74 Å². The normalized spacial score (nSPS) is 11.1. The number of H-pyrrole nitrogens is 1. The third-order valence-corrected chi connectivity index (χ3v) is 2.31. The molecule has 0 saturated carbocycles. The molecule has 1 heterocycles. The maximum absolute atomic E-state index is 13.4. The third-order valence-electron chi connectivity index (χ3n) is 2.31. The van der Waals surface area contributed by atoms with Gasteiger partial charge in [-0.3, -0.25) is 4.79 Å². The van der Waals surface area contributed by atoms with Crippen LogP contribution in [-0.2, 0) is 11.3 Å². The number of ether oxygens (including phenoxy) is 1. The summed E-state index contributed by atoms with van der Waals surface area (Å²) >= 11 is 0. The largest absolute Gasteiger partial charge is 0.378 e. The van der Waals surface area contributed by atoms with Crippen molar-refractivity contribution < 1.29 is 17.9 Å². The summed E-state index contributed by atoms with van der Waals surface area (Å²) in [5.74, 6) is -3.76. The molecule has 6 heteroatoms. The summed E-state index contributed by atoms with van der Waals surface area (Å²) < 4.78 is 44.5. The van der Waals surface area contributed by atoms with Gasteiger partial charge in [0.25, 0.3) is 0 Å². The number of hydrogen-bond donors (Lipinski definition) is 1. The fraction of sp³-hybridized carbons (Fsp3) is 0.182. The van der Waals surface area contributed by atoms with Crippen LogP contribution < -0.4 is 5.43 Å². The Labute approximate surface area is 93.8 Å². The highest BCUT2D eigenvalue weighted by Gasteiger charge is 2.16. The summed E-state index contributed by atoms with van der Waals surface area (Å²) in [5.41, 5.74) is -0.861. The minimum atomic E-state index is -1.39. The van der Waals surface area contributed by atoms with Crippen LogP contribution in [-0.4, -0.2) is 12.1 Å². The van der Waals surface area contributed by atoms with E-state index < -0.39 is 28.3 Å². The second-order valence-electron chi connectivity index (χ2n) is 3.50. The Balaban J connectivity index is 2.86. The van der Waals surface area contributed by atoms with Crippen molar-refractivity contribution in [3.8, 4) is 0 Å². The lowest BCUT2D eigenvalue weighted by atomic mass is 10.1. The van der Waals surface area contributed by atoms with Crippen LogP contribution in [0.3, 0.4) is 0 Å². The van der Waals surface area contributed by atoms with Gasteiger partial charge >= 0.3 is 0 Å². The number of halogens is 3. The molecule has 90 valence electrons. The van der Waals surface area contributed by atoms with Gasteiger partial charge in [0.05, 0.1) is 17.5 Å². The Kier molecular flexibility index (Phi) is 2.89. The zero-order valence-corrected chi connectivity index (χ0v) is 8.81. The Morgan fingerprint density at radius 3 is 2.59 bits per heavy atom. The van der Waals surface area contributed by atoms with E-state index in [0.29, 0.717) is 6.07 Å². The smallest absolute Gasteiger partial charge is 0.192 e. The molecule has 1 aromatic carbocycles. The number of nitrogens with one attached hydrogen (secondary N) is 1. The quantitative estimate of drug-likeness (QED) is 0.820. The molecule has 0 spiro atoms. The van der Waals surface area contributed by atoms with Crippen molar-refractivity contribution in [3.63, 3.8) is 0 Å². The zero-order chi connectivity index (χ0) is 12.6. The summed E-state index contributed by atoms with van der Waals surface area (Å²) in [6, 6.07) is 1.44. The van der Waals surface area contributed by atoms with E-state index >= 15 is 0 Å². The maximum Gasteiger partial charge on any atom is 0.192 e. The Morgan fingerprint density at radius 2 is 1.94 bits per heavy atom. The van der Waals surface area contributed by atoms with Crippen LogP contribution >= 0.6 is 0 Å². The average Bonchev–Trinajstić information content (AvgIpc) is 2.26. The van der Waals surface area contributed by atoms with E-state index in [9.17, 15) is 18.0 Å². The van der Waals surface area contributed by atoms with E-state index in [2.05, 4.69) is 4.98 Å². The summed E-state index contributed by atoms with van der Waals surface area (Å²) in [6.07, 6.45) is 0. The number of pyridine rings is 1. The van der Waals surface area contributed by atoms with Gasteiger partial charge in [0, 0.05) is 24.9 Å². The monoisotopic (exact) mass is 243 g/mol. The standard InChI is InChI=1S/C11H8F3NO2/c1-17-4-5-2-8(16)9-10(14)6(12)3-7(13)11(9)15-5/h2-3H,4H2,1H3,(H,15,16). The number of methoxy groups -OCH3 is 1. The van der Waals surface area contributed by atoms with Gasteiger partial charge in [0.1, 0.15) is 0 Å². The van der Waals surface area contributed by atoms with E-state index in [-0.39, 0.29) is 17.8 Å². The van der Waals surface area contributed by atoms with Crippen molar-refractivity contribution in [2.24, 2.45) is 0 Å². The van der Waals surface area contributed by atoms with Crippen molar-refractivity contribution in [2.75, 3.05) is 7.11 Å². The first-order chi connectivity index (χ1) is 8.04. The number of rotatable bonds is 2. The highest BCUT2D eigenvalue weighted by Crippen LogP contribution is 2.19. The minimum Gasteiger partial charge on any atom is -0.378 e. The highest BCUT2D eigenvalue weighted by molar-refractivity contribution is 5.79. The average molecular weight is 243 g/mol. The van der Waals surface area contributed by atoms with Gasteiger partial charge in [-0.25, -0.2) is 13.2 Å². The van der Waals surface area contributed by atoms with Crippen LogP contribution in [0.25, 0.3) is 10.9 Å². The molecule has 2 rings (SSSR count). The molecule has 17 heavy (non-hydrogen) atoms. The number of hydrogen-bond acceptors (Lipinski definition) is 2. The molecule has 0 unspecified atom stereocenters. The molecule has 0 bridgehead atoms. The first-order valence-electron chi connectivity index (χ1n) is 4.73. The minimum absolute atomic E-state index is 0.0453. The molecule has 3 nitrogen and oxygen atoms in total. The molecule has 0 radical (unpaired) electrons. The van der Waals surface area contributed by atoms with Gasteiger partial charge in [-0.2, -0.15) is 0 Å². The zero-order valence-electron chi connectivity index (χ0n) is 8.81. The van der Waals surface area contributed by atoms with E-state index in [1.54, 1.807) is 0 Å². The molecule has 0 amide bonds. The molecule has 1 aromatic heterocycles. The second-order valence-corrected chi connectivity index (χ2v) is 3.50. The topological polar surface area (TPSA) is 42.1 Å². The van der Waals surface area contributed by atoms with Gasteiger partial charge in [0.2, 0.25) is 0 Å². The van der Waals surface area contributed by atoms with Crippen LogP contribution in [0.4, 0.5) is 13.2 Å². The third kappa shape index (κ3) is 1.91. The fourth-order valence-corrected chi connectivity index (χ4v) is 1.61. The Morgan fingerprint density at radius 1 is 1.24 bits per heavy atom. The SMILES string of the molecule is COCc1cc(=O)c2c(F)c(F)cc(F)c2[nH]1. The molecule has 0 aliphatic heterocycles. The molecule has 0 atom stereocenters. The molecule has 0 aliphatic carbocycles. The predicted molar refractivity (Wildman–Crippen MR) is 55.2 cm³/mol. The van der Waals surface area contributed by atoms with Crippen LogP contribution in [0.5, 0.6) is 0 Å². The lowest BCUT2D eigenvalue weighted by Gasteiger charge is -2.05. The highest BCUT2D eigenvalue weighted by atomic mass is 19.2.